The number of nitrogen functional groups attached to an aromatic ring is 1. The van der Waals surface area contributed by atoms with E-state index in [0.717, 1.165) is 35.8 Å². The number of imidazole rings is 1. The molecule has 2 aromatic carbocycles. The lowest BCUT2D eigenvalue weighted by Gasteiger charge is -2.11. The van der Waals surface area contributed by atoms with Crippen molar-refractivity contribution >= 4 is 5.69 Å². The van der Waals surface area contributed by atoms with Gasteiger partial charge in [-0.3, -0.25) is 0 Å². The number of anilines is 1. The van der Waals surface area contributed by atoms with E-state index in [1.165, 1.54) is 5.56 Å². The van der Waals surface area contributed by atoms with Gasteiger partial charge in [-0.1, -0.05) is 30.3 Å². The van der Waals surface area contributed by atoms with Crippen LogP contribution in [0.3, 0.4) is 0 Å². The average Bonchev–Trinajstić information content (AvgIpc) is 2.95. The molecule has 3 aromatic rings. The Balaban J connectivity index is 1.83. The van der Waals surface area contributed by atoms with Gasteiger partial charge in [-0.15, -0.1) is 0 Å². The van der Waals surface area contributed by atoms with Gasteiger partial charge in [-0.25, -0.2) is 4.98 Å². The molecule has 0 unspecified atom stereocenters. The molecule has 3 rings (SSSR count). The Morgan fingerprint density at radius 2 is 2.00 bits per heavy atom. The minimum atomic E-state index is 0.735. The van der Waals surface area contributed by atoms with Gasteiger partial charge in [0.25, 0.3) is 0 Å². The van der Waals surface area contributed by atoms with Crippen molar-refractivity contribution in [1.82, 2.24) is 9.55 Å². The highest BCUT2D eigenvalue weighted by atomic mass is 16.5. The van der Waals surface area contributed by atoms with Crippen LogP contribution in [0, 0.1) is 0 Å². The molecule has 4 heteroatoms. The van der Waals surface area contributed by atoms with Gasteiger partial charge >= 0.3 is 0 Å². The molecule has 112 valence electrons. The molecule has 1 heterocycles. The molecule has 0 amide bonds. The molecule has 22 heavy (non-hydrogen) atoms. The van der Waals surface area contributed by atoms with E-state index in [9.17, 15) is 0 Å². The zero-order chi connectivity index (χ0) is 15.4. The minimum absolute atomic E-state index is 0.735. The van der Waals surface area contributed by atoms with E-state index in [2.05, 4.69) is 21.7 Å². The molecule has 4 nitrogen and oxygen atoms in total. The Kier molecular flexibility index (Phi) is 4.10. The molecule has 2 N–H and O–H groups in total. The lowest BCUT2D eigenvalue weighted by molar-refractivity contribution is 0.410. The number of rotatable bonds is 5. The average molecular weight is 293 g/mol. The first kappa shape index (κ1) is 14.2. The van der Waals surface area contributed by atoms with Gasteiger partial charge in [0.1, 0.15) is 11.6 Å². The Morgan fingerprint density at radius 3 is 2.82 bits per heavy atom. The van der Waals surface area contributed by atoms with E-state index in [1.807, 2.05) is 48.8 Å². The minimum Gasteiger partial charge on any atom is -0.496 e. The molecule has 0 bridgehead atoms. The van der Waals surface area contributed by atoms with Gasteiger partial charge in [0.15, 0.2) is 0 Å². The van der Waals surface area contributed by atoms with Crippen molar-refractivity contribution in [2.75, 3.05) is 12.8 Å². The Hall–Kier alpha value is -2.75. The first-order chi connectivity index (χ1) is 10.8. The van der Waals surface area contributed by atoms with E-state index in [1.54, 1.807) is 7.11 Å². The second-order valence-corrected chi connectivity index (χ2v) is 5.21. The summed E-state index contributed by atoms with van der Waals surface area (Å²) in [5.74, 6) is 1.90. The van der Waals surface area contributed by atoms with Crippen LogP contribution in [0.4, 0.5) is 5.69 Å². The van der Waals surface area contributed by atoms with Crippen LogP contribution in [0.15, 0.2) is 60.9 Å². The fourth-order valence-corrected chi connectivity index (χ4v) is 2.56. The lowest BCUT2D eigenvalue weighted by Crippen LogP contribution is -2.06. The fraction of sp³-hybridized carbons (Fsp3) is 0.167. The number of aromatic nitrogens is 2. The van der Waals surface area contributed by atoms with E-state index in [4.69, 9.17) is 10.5 Å². The maximum absolute atomic E-state index is 5.85. The van der Waals surface area contributed by atoms with Crippen LogP contribution < -0.4 is 10.5 Å². The zero-order valence-corrected chi connectivity index (χ0v) is 12.6. The number of benzene rings is 2. The molecular weight excluding hydrogens is 274 g/mol. The van der Waals surface area contributed by atoms with Gasteiger partial charge in [-0.05, 0) is 23.8 Å². The summed E-state index contributed by atoms with van der Waals surface area (Å²) < 4.78 is 7.55. The SMILES string of the molecule is COc1ccccc1Cc1nccn1Cc1cccc(N)c1. The second-order valence-electron chi connectivity index (χ2n) is 5.21. The predicted molar refractivity (Wildman–Crippen MR) is 88.0 cm³/mol. The molecule has 0 atom stereocenters. The fourth-order valence-electron chi connectivity index (χ4n) is 2.56. The molecule has 0 aliphatic carbocycles. The molecule has 0 spiro atoms. The van der Waals surface area contributed by atoms with Crippen LogP contribution in [-0.4, -0.2) is 16.7 Å². The Labute approximate surface area is 130 Å². The normalized spacial score (nSPS) is 10.6. The molecule has 1 aromatic heterocycles. The Bertz CT molecular complexity index is 764. The van der Waals surface area contributed by atoms with Crippen molar-refractivity contribution in [3.63, 3.8) is 0 Å². The Morgan fingerprint density at radius 1 is 1.14 bits per heavy atom. The van der Waals surface area contributed by atoms with Gasteiger partial charge < -0.3 is 15.0 Å². The van der Waals surface area contributed by atoms with Crippen LogP contribution in [0.25, 0.3) is 0 Å². The van der Waals surface area contributed by atoms with E-state index in [-0.39, 0.29) is 0 Å². The summed E-state index contributed by atoms with van der Waals surface area (Å²) in [4.78, 5) is 4.48. The molecular formula is C18H19N3O. The largest absolute Gasteiger partial charge is 0.496 e. The molecule has 0 radical (unpaired) electrons. The molecule has 0 saturated carbocycles. The van der Waals surface area contributed by atoms with Crippen LogP contribution in [0.2, 0.25) is 0 Å². The summed E-state index contributed by atoms with van der Waals surface area (Å²) in [5.41, 5.74) is 8.92. The third-order valence-electron chi connectivity index (χ3n) is 3.65. The van der Waals surface area contributed by atoms with E-state index >= 15 is 0 Å². The summed E-state index contributed by atoms with van der Waals surface area (Å²) in [6.45, 7) is 0.759. The third kappa shape index (κ3) is 3.11. The summed E-state index contributed by atoms with van der Waals surface area (Å²) in [7, 11) is 1.69. The summed E-state index contributed by atoms with van der Waals surface area (Å²) in [6.07, 6.45) is 4.56. The highest BCUT2D eigenvalue weighted by molar-refractivity contribution is 5.41. The van der Waals surface area contributed by atoms with Crippen LogP contribution >= 0.6 is 0 Å². The first-order valence-electron chi connectivity index (χ1n) is 7.22. The smallest absolute Gasteiger partial charge is 0.122 e. The van der Waals surface area contributed by atoms with Crippen LogP contribution in [0.5, 0.6) is 5.75 Å². The van der Waals surface area contributed by atoms with Crippen molar-refractivity contribution in [3.05, 3.63) is 77.9 Å². The molecule has 0 aliphatic rings. The molecule has 0 aliphatic heterocycles. The van der Waals surface area contributed by atoms with Crippen molar-refractivity contribution in [2.24, 2.45) is 0 Å². The molecule has 0 fully saturated rings. The van der Waals surface area contributed by atoms with Crippen molar-refractivity contribution in [1.29, 1.82) is 0 Å². The monoisotopic (exact) mass is 293 g/mol. The van der Waals surface area contributed by atoms with Crippen molar-refractivity contribution in [2.45, 2.75) is 13.0 Å². The summed E-state index contributed by atoms with van der Waals surface area (Å²) in [5, 5.41) is 0. The van der Waals surface area contributed by atoms with Crippen LogP contribution in [0.1, 0.15) is 17.0 Å². The highest BCUT2D eigenvalue weighted by Gasteiger charge is 2.08. The molecule has 0 saturated heterocycles. The number of hydrogen-bond donors (Lipinski definition) is 1. The number of ether oxygens (including phenoxy) is 1. The zero-order valence-electron chi connectivity index (χ0n) is 12.6. The van der Waals surface area contributed by atoms with Gasteiger partial charge in [0, 0.05) is 36.6 Å². The van der Waals surface area contributed by atoms with E-state index in [0.29, 0.717) is 0 Å². The van der Waals surface area contributed by atoms with Crippen LogP contribution in [-0.2, 0) is 13.0 Å². The van der Waals surface area contributed by atoms with Crippen molar-refractivity contribution in [3.8, 4) is 5.75 Å². The van der Waals surface area contributed by atoms with Gasteiger partial charge in [-0.2, -0.15) is 0 Å². The number of para-hydroxylation sites is 1. The topological polar surface area (TPSA) is 53.1 Å². The number of nitrogens with zero attached hydrogens (tertiary/aromatic N) is 2. The highest BCUT2D eigenvalue weighted by Crippen LogP contribution is 2.20. The quantitative estimate of drug-likeness (QED) is 0.735. The van der Waals surface area contributed by atoms with Gasteiger partial charge in [0.2, 0.25) is 0 Å². The maximum atomic E-state index is 5.85. The van der Waals surface area contributed by atoms with Crippen molar-refractivity contribution < 1.29 is 4.74 Å². The number of methoxy groups -OCH3 is 1. The standard InChI is InChI=1S/C18H19N3O/c1-22-17-8-3-2-6-15(17)12-18-20-9-10-21(18)13-14-5-4-7-16(19)11-14/h2-11H,12-13,19H2,1H3. The predicted octanol–water partition coefficient (Wildman–Crippen LogP) is 3.11. The summed E-state index contributed by atoms with van der Waals surface area (Å²) in [6, 6.07) is 16.0. The number of nitrogens with two attached hydrogens (primary N) is 1. The first-order valence-corrected chi connectivity index (χ1v) is 7.22. The summed E-state index contributed by atoms with van der Waals surface area (Å²) >= 11 is 0. The number of hydrogen-bond acceptors (Lipinski definition) is 3. The third-order valence-corrected chi connectivity index (χ3v) is 3.65. The lowest BCUT2D eigenvalue weighted by atomic mass is 10.1. The van der Waals surface area contributed by atoms with E-state index < -0.39 is 0 Å². The maximum Gasteiger partial charge on any atom is 0.122 e. The second kappa shape index (κ2) is 6.35. The van der Waals surface area contributed by atoms with Gasteiger partial charge in [0.05, 0.1) is 7.11 Å².